The highest BCUT2D eigenvalue weighted by atomic mass is 32.2. The van der Waals surface area contributed by atoms with Gasteiger partial charge in [-0.25, -0.2) is 8.42 Å². The van der Waals surface area contributed by atoms with E-state index in [2.05, 4.69) is 12.1 Å². The first-order chi connectivity index (χ1) is 8.00. The van der Waals surface area contributed by atoms with Crippen molar-refractivity contribution in [2.75, 3.05) is 12.8 Å². The molecule has 0 saturated carbocycles. The molecule has 0 aromatic heterocycles. The second kappa shape index (κ2) is 4.78. The Morgan fingerprint density at radius 3 is 2.65 bits per heavy atom. The Labute approximate surface area is 103 Å². The van der Waals surface area contributed by atoms with Crippen molar-refractivity contribution in [1.82, 2.24) is 0 Å². The van der Waals surface area contributed by atoms with Crippen LogP contribution in [0.3, 0.4) is 0 Å². The predicted molar refractivity (Wildman–Crippen MR) is 69.9 cm³/mol. The van der Waals surface area contributed by atoms with Crippen LogP contribution in [0.25, 0.3) is 0 Å². The Hall–Kier alpha value is -0.870. The molecule has 0 spiro atoms. The van der Waals surface area contributed by atoms with E-state index in [1.54, 1.807) is 0 Å². The third-order valence-electron chi connectivity index (χ3n) is 3.49. The maximum atomic E-state index is 11.5. The standard InChI is InChI=1S/C13H19NO2S/c1-17(15,16)13(9-14)8-10-5-6-11-3-2-4-12(11)7-10/h5-7,13H,2-4,8-9,14H2,1H3. The SMILES string of the molecule is CS(=O)(=O)C(CN)Cc1ccc2c(c1)CCC2. The van der Waals surface area contributed by atoms with Crippen molar-refractivity contribution >= 4 is 9.84 Å². The van der Waals surface area contributed by atoms with Crippen molar-refractivity contribution in [1.29, 1.82) is 0 Å². The summed E-state index contributed by atoms with van der Waals surface area (Å²) in [5, 5.41) is -0.457. The minimum Gasteiger partial charge on any atom is -0.329 e. The molecule has 1 unspecified atom stereocenters. The van der Waals surface area contributed by atoms with Gasteiger partial charge in [0.15, 0.2) is 9.84 Å². The van der Waals surface area contributed by atoms with Gasteiger partial charge in [-0.15, -0.1) is 0 Å². The molecule has 1 atom stereocenters. The average molecular weight is 253 g/mol. The summed E-state index contributed by atoms with van der Waals surface area (Å²) in [6.45, 7) is 0.190. The number of aryl methyl sites for hydroxylation is 2. The van der Waals surface area contributed by atoms with Crippen LogP contribution >= 0.6 is 0 Å². The Morgan fingerprint density at radius 2 is 2.00 bits per heavy atom. The summed E-state index contributed by atoms with van der Waals surface area (Å²) >= 11 is 0. The number of sulfone groups is 1. The van der Waals surface area contributed by atoms with Gasteiger partial charge in [0.05, 0.1) is 5.25 Å². The summed E-state index contributed by atoms with van der Waals surface area (Å²) in [6, 6.07) is 6.32. The Balaban J connectivity index is 2.19. The van der Waals surface area contributed by atoms with E-state index in [0.717, 1.165) is 18.4 Å². The fourth-order valence-corrected chi connectivity index (χ4v) is 3.27. The van der Waals surface area contributed by atoms with Crippen molar-refractivity contribution in [3.8, 4) is 0 Å². The number of benzene rings is 1. The van der Waals surface area contributed by atoms with Crippen molar-refractivity contribution in [3.05, 3.63) is 34.9 Å². The number of fused-ring (bicyclic) bond motifs is 1. The van der Waals surface area contributed by atoms with E-state index in [1.165, 1.54) is 23.8 Å². The number of rotatable bonds is 4. The van der Waals surface area contributed by atoms with Crippen LogP contribution in [0.1, 0.15) is 23.1 Å². The summed E-state index contributed by atoms with van der Waals surface area (Å²) < 4.78 is 23.0. The molecular formula is C13H19NO2S. The van der Waals surface area contributed by atoms with Crippen molar-refractivity contribution in [2.24, 2.45) is 5.73 Å². The monoisotopic (exact) mass is 253 g/mol. The van der Waals surface area contributed by atoms with Gasteiger partial charge in [0.1, 0.15) is 0 Å². The molecule has 2 rings (SSSR count). The van der Waals surface area contributed by atoms with Crippen molar-refractivity contribution in [3.63, 3.8) is 0 Å². The fourth-order valence-electron chi connectivity index (χ4n) is 2.42. The van der Waals surface area contributed by atoms with Crippen molar-refractivity contribution in [2.45, 2.75) is 30.9 Å². The van der Waals surface area contributed by atoms with Gasteiger partial charge < -0.3 is 5.73 Å². The van der Waals surface area contributed by atoms with Gasteiger partial charge in [0, 0.05) is 12.8 Å². The van der Waals surface area contributed by atoms with Crippen molar-refractivity contribution < 1.29 is 8.42 Å². The zero-order valence-electron chi connectivity index (χ0n) is 10.1. The maximum absolute atomic E-state index is 11.5. The molecule has 3 nitrogen and oxygen atoms in total. The van der Waals surface area contributed by atoms with Crippen LogP contribution in [-0.2, 0) is 29.1 Å². The molecule has 94 valence electrons. The van der Waals surface area contributed by atoms with E-state index >= 15 is 0 Å². The maximum Gasteiger partial charge on any atom is 0.151 e. The Kier molecular flexibility index (Phi) is 3.54. The van der Waals surface area contributed by atoms with Gasteiger partial charge in [-0.05, 0) is 42.4 Å². The van der Waals surface area contributed by atoms with Crippen LogP contribution in [0, 0.1) is 0 Å². The van der Waals surface area contributed by atoms with E-state index in [-0.39, 0.29) is 6.54 Å². The van der Waals surface area contributed by atoms with Gasteiger partial charge in [-0.3, -0.25) is 0 Å². The summed E-state index contributed by atoms with van der Waals surface area (Å²) in [6.07, 6.45) is 5.28. The van der Waals surface area contributed by atoms with E-state index in [1.807, 2.05) is 6.07 Å². The first kappa shape index (κ1) is 12.6. The van der Waals surface area contributed by atoms with E-state index in [4.69, 9.17) is 5.73 Å². The highest BCUT2D eigenvalue weighted by molar-refractivity contribution is 7.91. The summed E-state index contributed by atoms with van der Waals surface area (Å²) in [5.74, 6) is 0. The molecule has 0 saturated heterocycles. The highest BCUT2D eigenvalue weighted by Gasteiger charge is 2.20. The summed E-state index contributed by atoms with van der Waals surface area (Å²) in [5.41, 5.74) is 9.43. The lowest BCUT2D eigenvalue weighted by Crippen LogP contribution is -2.31. The lowest BCUT2D eigenvalue weighted by Gasteiger charge is -2.13. The molecule has 1 aliphatic carbocycles. The third kappa shape index (κ3) is 2.87. The van der Waals surface area contributed by atoms with Crippen LogP contribution in [0.4, 0.5) is 0 Å². The van der Waals surface area contributed by atoms with Gasteiger partial charge in [0.25, 0.3) is 0 Å². The van der Waals surface area contributed by atoms with Crippen LogP contribution in [-0.4, -0.2) is 26.5 Å². The minimum atomic E-state index is -3.05. The molecule has 1 aliphatic rings. The zero-order chi connectivity index (χ0) is 12.5. The van der Waals surface area contributed by atoms with Gasteiger partial charge in [-0.1, -0.05) is 18.2 Å². The molecular weight excluding hydrogens is 234 g/mol. The lowest BCUT2D eigenvalue weighted by atomic mass is 10.0. The largest absolute Gasteiger partial charge is 0.329 e. The van der Waals surface area contributed by atoms with Gasteiger partial charge in [-0.2, -0.15) is 0 Å². The normalized spacial score (nSPS) is 16.8. The minimum absolute atomic E-state index is 0.190. The van der Waals surface area contributed by atoms with Gasteiger partial charge >= 0.3 is 0 Å². The quantitative estimate of drug-likeness (QED) is 0.874. The number of nitrogens with two attached hydrogens (primary N) is 1. The van der Waals surface area contributed by atoms with Crippen LogP contribution in [0.2, 0.25) is 0 Å². The van der Waals surface area contributed by atoms with Crippen LogP contribution in [0.5, 0.6) is 0 Å². The highest BCUT2D eigenvalue weighted by Crippen LogP contribution is 2.23. The molecule has 2 N–H and O–H groups in total. The summed E-state index contributed by atoms with van der Waals surface area (Å²) in [4.78, 5) is 0. The second-order valence-corrected chi connectivity index (χ2v) is 7.17. The number of hydrogen-bond donors (Lipinski definition) is 1. The van der Waals surface area contributed by atoms with Crippen LogP contribution < -0.4 is 5.73 Å². The molecule has 4 heteroatoms. The van der Waals surface area contributed by atoms with E-state index in [9.17, 15) is 8.42 Å². The third-order valence-corrected chi connectivity index (χ3v) is 5.06. The molecule has 1 aromatic carbocycles. The fraction of sp³-hybridized carbons (Fsp3) is 0.538. The Morgan fingerprint density at radius 1 is 1.29 bits per heavy atom. The zero-order valence-corrected chi connectivity index (χ0v) is 11.0. The Bertz CT molecular complexity index is 508. The average Bonchev–Trinajstić information content (AvgIpc) is 2.71. The molecule has 0 bridgehead atoms. The lowest BCUT2D eigenvalue weighted by molar-refractivity contribution is 0.584. The first-order valence-corrected chi connectivity index (χ1v) is 7.96. The molecule has 1 aromatic rings. The molecule has 0 fully saturated rings. The topological polar surface area (TPSA) is 60.2 Å². The van der Waals surface area contributed by atoms with E-state index in [0.29, 0.717) is 6.42 Å². The molecule has 0 aliphatic heterocycles. The molecule has 0 heterocycles. The second-order valence-electron chi connectivity index (χ2n) is 4.85. The van der Waals surface area contributed by atoms with E-state index < -0.39 is 15.1 Å². The molecule has 0 radical (unpaired) electrons. The number of hydrogen-bond acceptors (Lipinski definition) is 3. The first-order valence-electron chi connectivity index (χ1n) is 6.00. The molecule has 17 heavy (non-hydrogen) atoms. The predicted octanol–water partition coefficient (Wildman–Crippen LogP) is 1.09. The van der Waals surface area contributed by atoms with Gasteiger partial charge in [0.2, 0.25) is 0 Å². The summed E-state index contributed by atoms with van der Waals surface area (Å²) in [7, 11) is -3.05. The molecule has 0 amide bonds. The van der Waals surface area contributed by atoms with Crippen LogP contribution in [0.15, 0.2) is 18.2 Å². The smallest absolute Gasteiger partial charge is 0.151 e.